The summed E-state index contributed by atoms with van der Waals surface area (Å²) in [6.07, 6.45) is 7.39. The van der Waals surface area contributed by atoms with Gasteiger partial charge in [0.1, 0.15) is 0 Å². The van der Waals surface area contributed by atoms with Crippen LogP contribution < -0.4 is 5.32 Å². The van der Waals surface area contributed by atoms with Gasteiger partial charge in [0.2, 0.25) is 10.0 Å². The zero-order valence-electron chi connectivity index (χ0n) is 11.5. The zero-order chi connectivity index (χ0) is 13.9. The van der Waals surface area contributed by atoms with Gasteiger partial charge in [0.05, 0.1) is 18.2 Å². The van der Waals surface area contributed by atoms with E-state index >= 15 is 0 Å². The second-order valence-corrected chi connectivity index (χ2v) is 7.71. The van der Waals surface area contributed by atoms with E-state index in [1.54, 1.807) is 4.31 Å². The molecule has 2 rings (SSSR count). The monoisotopic (exact) mass is 285 g/mol. The summed E-state index contributed by atoms with van der Waals surface area (Å²) in [5.41, 5.74) is 0. The third-order valence-electron chi connectivity index (χ3n) is 4.30. The molecule has 0 amide bonds. The predicted molar refractivity (Wildman–Crippen MR) is 73.9 cm³/mol. The fraction of sp³-hybridized carbons (Fsp3) is 0.923. The van der Waals surface area contributed by atoms with Crippen molar-refractivity contribution in [3.63, 3.8) is 0 Å². The summed E-state index contributed by atoms with van der Waals surface area (Å²) < 4.78 is 24.4. The molecule has 1 N–H and O–H groups in total. The Morgan fingerprint density at radius 2 is 1.79 bits per heavy atom. The van der Waals surface area contributed by atoms with Crippen LogP contribution >= 0.6 is 0 Å². The smallest absolute Gasteiger partial charge is 0.211 e. The van der Waals surface area contributed by atoms with Gasteiger partial charge < -0.3 is 5.32 Å². The lowest BCUT2D eigenvalue weighted by Crippen LogP contribution is -2.49. The van der Waals surface area contributed by atoms with E-state index in [-0.39, 0.29) is 5.92 Å². The Morgan fingerprint density at radius 1 is 1.16 bits per heavy atom. The van der Waals surface area contributed by atoms with E-state index in [2.05, 4.69) is 11.4 Å². The molecule has 1 saturated carbocycles. The summed E-state index contributed by atoms with van der Waals surface area (Å²) in [7, 11) is -3.04. The minimum absolute atomic E-state index is 0.127. The van der Waals surface area contributed by atoms with Gasteiger partial charge in [-0.15, -0.1) is 0 Å². The largest absolute Gasteiger partial charge is 0.310 e. The highest BCUT2D eigenvalue weighted by molar-refractivity contribution is 7.88. The van der Waals surface area contributed by atoms with Gasteiger partial charge in [-0.05, 0) is 25.7 Å². The van der Waals surface area contributed by atoms with Crippen LogP contribution in [0.15, 0.2) is 0 Å². The number of piperidine rings is 1. The Bertz CT molecular complexity index is 435. The van der Waals surface area contributed by atoms with Crippen LogP contribution in [-0.4, -0.2) is 44.2 Å². The van der Waals surface area contributed by atoms with Gasteiger partial charge >= 0.3 is 0 Å². The molecule has 108 valence electrons. The van der Waals surface area contributed by atoms with Crippen molar-refractivity contribution in [1.82, 2.24) is 9.62 Å². The van der Waals surface area contributed by atoms with E-state index < -0.39 is 10.0 Å². The zero-order valence-corrected chi connectivity index (χ0v) is 12.3. The summed E-state index contributed by atoms with van der Waals surface area (Å²) >= 11 is 0. The molecule has 2 aliphatic rings. The molecule has 19 heavy (non-hydrogen) atoms. The molecule has 6 heteroatoms. The summed E-state index contributed by atoms with van der Waals surface area (Å²) in [4.78, 5) is 0. The molecule has 0 spiro atoms. The maximum Gasteiger partial charge on any atom is 0.211 e. The lowest BCUT2D eigenvalue weighted by atomic mass is 9.84. The van der Waals surface area contributed by atoms with E-state index in [1.165, 1.54) is 12.7 Å². The minimum atomic E-state index is -3.04. The van der Waals surface area contributed by atoms with Crippen LogP contribution in [0.4, 0.5) is 0 Å². The molecule has 0 aromatic carbocycles. The summed E-state index contributed by atoms with van der Waals surface area (Å²) in [6.45, 7) is 1.20. The minimum Gasteiger partial charge on any atom is -0.310 e. The van der Waals surface area contributed by atoms with Crippen LogP contribution in [0, 0.1) is 17.2 Å². The molecule has 0 radical (unpaired) electrons. The molecule has 1 heterocycles. The summed E-state index contributed by atoms with van der Waals surface area (Å²) in [5, 5.41) is 12.7. The van der Waals surface area contributed by atoms with E-state index in [0.29, 0.717) is 25.2 Å². The maximum absolute atomic E-state index is 11.4. The fourth-order valence-corrected chi connectivity index (χ4v) is 4.02. The molecular formula is C13H23N3O2S. The molecular weight excluding hydrogens is 262 g/mol. The Kier molecular flexibility index (Phi) is 4.82. The first-order chi connectivity index (χ1) is 9.00. The quantitative estimate of drug-likeness (QED) is 0.842. The van der Waals surface area contributed by atoms with Crippen molar-refractivity contribution >= 4 is 10.0 Å². The second-order valence-electron chi connectivity index (χ2n) is 5.73. The van der Waals surface area contributed by atoms with Gasteiger partial charge in [-0.25, -0.2) is 12.7 Å². The van der Waals surface area contributed by atoms with Crippen molar-refractivity contribution in [2.75, 3.05) is 19.3 Å². The molecule has 5 nitrogen and oxygen atoms in total. The first-order valence-corrected chi connectivity index (χ1v) is 8.96. The summed E-state index contributed by atoms with van der Waals surface area (Å²) in [6, 6.07) is 3.07. The lowest BCUT2D eigenvalue weighted by molar-refractivity contribution is 0.232. The van der Waals surface area contributed by atoms with E-state index in [9.17, 15) is 8.42 Å². The van der Waals surface area contributed by atoms with Crippen LogP contribution in [0.5, 0.6) is 0 Å². The van der Waals surface area contributed by atoms with E-state index in [4.69, 9.17) is 5.26 Å². The molecule has 1 aliphatic heterocycles. The van der Waals surface area contributed by atoms with Gasteiger partial charge in [-0.3, -0.25) is 0 Å². The van der Waals surface area contributed by atoms with Crippen LogP contribution in [0.3, 0.4) is 0 Å². The van der Waals surface area contributed by atoms with Gasteiger partial charge in [-0.2, -0.15) is 5.26 Å². The number of rotatable bonds is 3. The number of nitrogens with zero attached hydrogens (tertiary/aromatic N) is 2. The SMILES string of the molecule is CS(=O)(=O)N1CCC(NC2CCCCC2C#N)CC1. The average molecular weight is 285 g/mol. The van der Waals surface area contributed by atoms with Gasteiger partial charge in [-0.1, -0.05) is 12.8 Å². The Hall–Kier alpha value is -0.640. The third-order valence-corrected chi connectivity index (χ3v) is 5.61. The average Bonchev–Trinajstić information content (AvgIpc) is 2.39. The molecule has 2 fully saturated rings. The number of nitrogens with one attached hydrogen (secondary N) is 1. The van der Waals surface area contributed by atoms with Gasteiger partial charge in [0.15, 0.2) is 0 Å². The molecule has 0 aromatic heterocycles. The van der Waals surface area contributed by atoms with Crippen molar-refractivity contribution in [1.29, 1.82) is 5.26 Å². The maximum atomic E-state index is 11.4. The standard InChI is InChI=1S/C13H23N3O2S/c1-19(17,18)16-8-6-12(7-9-16)15-13-5-3-2-4-11(13)10-14/h11-13,15H,2-9H2,1H3. The van der Waals surface area contributed by atoms with E-state index in [0.717, 1.165) is 32.1 Å². The predicted octanol–water partition coefficient (Wildman–Crippen LogP) is 1.08. The van der Waals surface area contributed by atoms with Gasteiger partial charge in [0, 0.05) is 25.2 Å². The molecule has 1 saturated heterocycles. The molecule has 0 aromatic rings. The molecule has 2 atom stereocenters. The normalized spacial score (nSPS) is 30.9. The first-order valence-electron chi connectivity index (χ1n) is 7.11. The fourth-order valence-electron chi connectivity index (χ4n) is 3.14. The molecule has 2 unspecified atom stereocenters. The van der Waals surface area contributed by atoms with Crippen LogP contribution in [0.1, 0.15) is 38.5 Å². The Balaban J connectivity index is 1.84. The topological polar surface area (TPSA) is 73.2 Å². The van der Waals surface area contributed by atoms with Crippen molar-refractivity contribution in [2.24, 2.45) is 5.92 Å². The van der Waals surface area contributed by atoms with Gasteiger partial charge in [0.25, 0.3) is 0 Å². The second kappa shape index (κ2) is 6.21. The number of hydrogen-bond donors (Lipinski definition) is 1. The van der Waals surface area contributed by atoms with Crippen molar-refractivity contribution in [2.45, 2.75) is 50.6 Å². The third kappa shape index (κ3) is 3.91. The highest BCUT2D eigenvalue weighted by Gasteiger charge is 2.30. The Labute approximate surface area is 116 Å². The Morgan fingerprint density at radius 3 is 2.37 bits per heavy atom. The van der Waals surface area contributed by atoms with E-state index in [1.807, 2.05) is 0 Å². The number of hydrogen-bond acceptors (Lipinski definition) is 4. The molecule has 0 bridgehead atoms. The van der Waals surface area contributed by atoms with Crippen molar-refractivity contribution in [3.8, 4) is 6.07 Å². The summed E-state index contributed by atoms with van der Waals surface area (Å²) in [5.74, 6) is 0.127. The van der Waals surface area contributed by atoms with Crippen LogP contribution in [-0.2, 0) is 10.0 Å². The highest BCUT2D eigenvalue weighted by Crippen LogP contribution is 2.25. The number of nitriles is 1. The lowest BCUT2D eigenvalue weighted by Gasteiger charge is -2.36. The van der Waals surface area contributed by atoms with Crippen molar-refractivity contribution in [3.05, 3.63) is 0 Å². The highest BCUT2D eigenvalue weighted by atomic mass is 32.2. The molecule has 1 aliphatic carbocycles. The van der Waals surface area contributed by atoms with Crippen LogP contribution in [0.2, 0.25) is 0 Å². The number of sulfonamides is 1. The van der Waals surface area contributed by atoms with Crippen molar-refractivity contribution < 1.29 is 8.42 Å². The first kappa shape index (κ1) is 14.8. The van der Waals surface area contributed by atoms with Crippen LogP contribution in [0.25, 0.3) is 0 Å².